The minimum atomic E-state index is 0.0702. The molecule has 0 amide bonds. The molecule has 2 nitrogen and oxygen atoms in total. The molecule has 0 heterocycles. The molecule has 0 radical (unpaired) electrons. The van der Waals surface area contributed by atoms with E-state index in [1.165, 1.54) is 0 Å². The highest BCUT2D eigenvalue weighted by Crippen LogP contribution is 2.17. The number of hydrogen-bond acceptors (Lipinski definition) is 2. The Bertz CT molecular complexity index is 535. The van der Waals surface area contributed by atoms with E-state index in [1.54, 1.807) is 6.08 Å². The van der Waals surface area contributed by atoms with Crippen LogP contribution in [0.4, 0.5) is 5.69 Å². The lowest BCUT2D eigenvalue weighted by Gasteiger charge is -2.09. The molecule has 1 aromatic rings. The number of anilines is 1. The van der Waals surface area contributed by atoms with Gasteiger partial charge in [-0.05, 0) is 36.1 Å². The zero-order chi connectivity index (χ0) is 13.7. The van der Waals surface area contributed by atoms with E-state index in [0.29, 0.717) is 5.92 Å². The van der Waals surface area contributed by atoms with E-state index in [1.807, 2.05) is 49.5 Å². The van der Waals surface area contributed by atoms with Gasteiger partial charge in [-0.3, -0.25) is 4.79 Å². The molecule has 0 spiro atoms. The fourth-order valence-electron chi connectivity index (χ4n) is 1.94. The number of rotatable bonds is 4. The van der Waals surface area contributed by atoms with E-state index >= 15 is 0 Å². The van der Waals surface area contributed by atoms with Crippen LogP contribution in [0.5, 0.6) is 0 Å². The van der Waals surface area contributed by atoms with Crippen LogP contribution in [0.25, 0.3) is 6.08 Å². The summed E-state index contributed by atoms with van der Waals surface area (Å²) in [6, 6.07) is 7.96. The van der Waals surface area contributed by atoms with E-state index in [2.05, 4.69) is 18.3 Å². The molecular weight excluding hydrogens is 234 g/mol. The summed E-state index contributed by atoms with van der Waals surface area (Å²) in [7, 11) is 1.89. The fourth-order valence-corrected chi connectivity index (χ4v) is 1.94. The summed E-state index contributed by atoms with van der Waals surface area (Å²) in [6.45, 7) is 2.15. The first-order valence-electron chi connectivity index (χ1n) is 6.57. The lowest BCUT2D eigenvalue weighted by atomic mass is 9.96. The number of carbonyl (C=O) groups excluding carboxylic acids is 1. The van der Waals surface area contributed by atoms with Crippen LogP contribution in [-0.2, 0) is 4.79 Å². The third kappa shape index (κ3) is 3.68. The molecule has 0 saturated carbocycles. The second-order valence-electron chi connectivity index (χ2n) is 4.80. The highest BCUT2D eigenvalue weighted by atomic mass is 16.1. The molecular formula is C17H19NO. The first-order valence-corrected chi connectivity index (χ1v) is 6.57. The van der Waals surface area contributed by atoms with Gasteiger partial charge in [0.05, 0.1) is 0 Å². The third-order valence-corrected chi connectivity index (χ3v) is 3.22. The van der Waals surface area contributed by atoms with Gasteiger partial charge in [0.1, 0.15) is 0 Å². The van der Waals surface area contributed by atoms with Crippen molar-refractivity contribution in [3.63, 3.8) is 0 Å². The Morgan fingerprint density at radius 2 is 2.05 bits per heavy atom. The molecule has 2 rings (SSSR count). The second kappa shape index (κ2) is 6.19. The Balaban J connectivity index is 2.02. The number of allylic oxidation sites excluding steroid dienone is 5. The summed E-state index contributed by atoms with van der Waals surface area (Å²) in [4.78, 5) is 12.0. The highest BCUT2D eigenvalue weighted by molar-refractivity contribution is 6.08. The molecule has 98 valence electrons. The SMILES string of the molecule is CNc1ccc(/C=C/C(=O)C2=CCC(C)C=C2)cc1. The van der Waals surface area contributed by atoms with Gasteiger partial charge in [0.15, 0.2) is 5.78 Å². The molecule has 0 saturated heterocycles. The fraction of sp³-hybridized carbons (Fsp3) is 0.235. The van der Waals surface area contributed by atoms with Crippen LogP contribution in [0, 0.1) is 5.92 Å². The summed E-state index contributed by atoms with van der Waals surface area (Å²) in [5.74, 6) is 0.607. The summed E-state index contributed by atoms with van der Waals surface area (Å²) >= 11 is 0. The maximum atomic E-state index is 12.0. The Morgan fingerprint density at radius 3 is 2.63 bits per heavy atom. The minimum Gasteiger partial charge on any atom is -0.388 e. The van der Waals surface area contributed by atoms with Crippen molar-refractivity contribution in [2.24, 2.45) is 5.92 Å². The Hall–Kier alpha value is -2.09. The molecule has 1 aromatic carbocycles. The quantitative estimate of drug-likeness (QED) is 0.826. The lowest BCUT2D eigenvalue weighted by Crippen LogP contribution is -2.02. The molecule has 19 heavy (non-hydrogen) atoms. The maximum absolute atomic E-state index is 12.0. The van der Waals surface area contributed by atoms with Gasteiger partial charge in [0.2, 0.25) is 0 Å². The van der Waals surface area contributed by atoms with Crippen LogP contribution in [0.15, 0.2) is 54.1 Å². The zero-order valence-corrected chi connectivity index (χ0v) is 11.4. The Kier molecular flexibility index (Phi) is 4.35. The van der Waals surface area contributed by atoms with Crippen molar-refractivity contribution in [1.29, 1.82) is 0 Å². The molecule has 0 fully saturated rings. The van der Waals surface area contributed by atoms with E-state index < -0.39 is 0 Å². The van der Waals surface area contributed by atoms with Crippen molar-refractivity contribution < 1.29 is 4.79 Å². The molecule has 0 aromatic heterocycles. The van der Waals surface area contributed by atoms with E-state index in [9.17, 15) is 4.79 Å². The first kappa shape index (κ1) is 13.3. The molecule has 2 heteroatoms. The molecule has 1 aliphatic rings. The normalized spacial score (nSPS) is 18.4. The molecule has 0 aliphatic heterocycles. The predicted octanol–water partition coefficient (Wildman–Crippen LogP) is 3.83. The van der Waals surface area contributed by atoms with Crippen LogP contribution < -0.4 is 5.32 Å². The molecule has 1 unspecified atom stereocenters. The highest BCUT2D eigenvalue weighted by Gasteiger charge is 2.08. The van der Waals surface area contributed by atoms with Crippen LogP contribution in [0.2, 0.25) is 0 Å². The van der Waals surface area contributed by atoms with Crippen LogP contribution in [0.3, 0.4) is 0 Å². The number of benzene rings is 1. The van der Waals surface area contributed by atoms with Gasteiger partial charge in [0.25, 0.3) is 0 Å². The lowest BCUT2D eigenvalue weighted by molar-refractivity contribution is -0.111. The van der Waals surface area contributed by atoms with Crippen LogP contribution >= 0.6 is 0 Å². The second-order valence-corrected chi connectivity index (χ2v) is 4.80. The number of carbonyl (C=O) groups is 1. The third-order valence-electron chi connectivity index (χ3n) is 3.22. The average molecular weight is 253 g/mol. The van der Waals surface area contributed by atoms with Crippen molar-refractivity contribution in [2.75, 3.05) is 12.4 Å². The van der Waals surface area contributed by atoms with Crippen LogP contribution in [0.1, 0.15) is 18.9 Å². The van der Waals surface area contributed by atoms with Gasteiger partial charge in [0, 0.05) is 18.3 Å². The van der Waals surface area contributed by atoms with Gasteiger partial charge in [-0.15, -0.1) is 0 Å². The minimum absolute atomic E-state index is 0.0702. The van der Waals surface area contributed by atoms with Gasteiger partial charge < -0.3 is 5.32 Å². The first-order chi connectivity index (χ1) is 9.19. The van der Waals surface area contributed by atoms with Crippen molar-refractivity contribution in [2.45, 2.75) is 13.3 Å². The van der Waals surface area contributed by atoms with Crippen molar-refractivity contribution >= 4 is 17.5 Å². The largest absolute Gasteiger partial charge is 0.388 e. The topological polar surface area (TPSA) is 29.1 Å². The van der Waals surface area contributed by atoms with Gasteiger partial charge >= 0.3 is 0 Å². The number of nitrogens with one attached hydrogen (secondary N) is 1. The summed E-state index contributed by atoms with van der Waals surface area (Å²) in [6.07, 6.45) is 10.5. The Morgan fingerprint density at radius 1 is 1.32 bits per heavy atom. The van der Waals surface area contributed by atoms with Crippen molar-refractivity contribution in [3.8, 4) is 0 Å². The molecule has 1 aliphatic carbocycles. The summed E-state index contributed by atoms with van der Waals surface area (Å²) < 4.78 is 0. The van der Waals surface area contributed by atoms with E-state index in [0.717, 1.165) is 23.2 Å². The molecule has 0 bridgehead atoms. The maximum Gasteiger partial charge on any atom is 0.185 e. The van der Waals surface area contributed by atoms with Gasteiger partial charge in [-0.25, -0.2) is 0 Å². The van der Waals surface area contributed by atoms with Gasteiger partial charge in [-0.2, -0.15) is 0 Å². The number of hydrogen-bond donors (Lipinski definition) is 1. The standard InChI is InChI=1S/C17H19NO/c1-13-3-8-15(9-4-13)17(19)12-7-14-5-10-16(18-2)11-6-14/h3,5-13,18H,4H2,1-2H3/b12-7+. The molecule has 1 N–H and O–H groups in total. The average Bonchev–Trinajstić information content (AvgIpc) is 2.46. The zero-order valence-electron chi connectivity index (χ0n) is 11.4. The Labute approximate surface area is 114 Å². The van der Waals surface area contributed by atoms with E-state index in [4.69, 9.17) is 0 Å². The summed E-state index contributed by atoms with van der Waals surface area (Å²) in [5, 5.41) is 3.07. The predicted molar refractivity (Wildman–Crippen MR) is 81.0 cm³/mol. The van der Waals surface area contributed by atoms with E-state index in [-0.39, 0.29) is 5.78 Å². The van der Waals surface area contributed by atoms with Crippen molar-refractivity contribution in [3.05, 3.63) is 59.7 Å². The smallest absolute Gasteiger partial charge is 0.185 e. The monoisotopic (exact) mass is 253 g/mol. The summed E-state index contributed by atoms with van der Waals surface area (Å²) in [5.41, 5.74) is 2.89. The van der Waals surface area contributed by atoms with Crippen molar-refractivity contribution in [1.82, 2.24) is 0 Å². The van der Waals surface area contributed by atoms with Crippen LogP contribution in [-0.4, -0.2) is 12.8 Å². The van der Waals surface area contributed by atoms with Gasteiger partial charge in [-0.1, -0.05) is 43.4 Å². The molecule has 1 atom stereocenters. The number of ketones is 1.